The zero-order valence-corrected chi connectivity index (χ0v) is 26.6. The molecule has 12 nitrogen and oxygen atoms in total. The number of carbonyl (C=O) groups is 2. The zero-order valence-electron chi connectivity index (χ0n) is 26.6. The lowest BCUT2D eigenvalue weighted by atomic mass is 9.42. The van der Waals surface area contributed by atoms with Gasteiger partial charge in [-0.25, -0.2) is 4.79 Å². The van der Waals surface area contributed by atoms with Gasteiger partial charge in [0.15, 0.2) is 5.60 Å². The van der Waals surface area contributed by atoms with E-state index in [0.29, 0.717) is 18.5 Å². The van der Waals surface area contributed by atoms with Gasteiger partial charge in [-0.05, 0) is 31.5 Å². The lowest BCUT2D eigenvalue weighted by Crippen LogP contribution is -2.81. The molecule has 248 valence electrons. The molecule has 5 saturated carbocycles. The summed E-state index contributed by atoms with van der Waals surface area (Å²) < 4.78 is 37.2. The van der Waals surface area contributed by atoms with E-state index in [9.17, 15) is 24.9 Å². The molecule has 1 aliphatic heterocycles. The smallest absolute Gasteiger partial charge is 0.338 e. The van der Waals surface area contributed by atoms with Gasteiger partial charge in [0.1, 0.15) is 23.9 Å². The summed E-state index contributed by atoms with van der Waals surface area (Å²) in [4.78, 5) is 29.1. The highest BCUT2D eigenvalue weighted by molar-refractivity contribution is 5.89. The number of carbonyl (C=O) groups excluding carboxylic acids is 2. The van der Waals surface area contributed by atoms with Crippen LogP contribution in [0.25, 0.3) is 0 Å². The van der Waals surface area contributed by atoms with Crippen LogP contribution in [-0.2, 0) is 33.2 Å². The second kappa shape index (κ2) is 10.4. The third-order valence-corrected chi connectivity index (χ3v) is 12.9. The van der Waals surface area contributed by atoms with E-state index in [1.165, 1.54) is 14.0 Å². The Morgan fingerprint density at radius 3 is 2.31 bits per heavy atom. The van der Waals surface area contributed by atoms with Crippen molar-refractivity contribution in [2.45, 2.75) is 73.6 Å². The van der Waals surface area contributed by atoms with E-state index in [4.69, 9.17) is 28.4 Å². The molecule has 0 aromatic heterocycles. The van der Waals surface area contributed by atoms with E-state index in [0.717, 1.165) is 0 Å². The van der Waals surface area contributed by atoms with Crippen LogP contribution in [0.3, 0.4) is 0 Å². The third-order valence-electron chi connectivity index (χ3n) is 12.9. The monoisotopic (exact) mass is 631 g/mol. The third kappa shape index (κ3) is 3.55. The SMILES string of the molecule is COC[C@]12CN(C)C3[C@@H]4[C@H](OC)[C@H]1[C@@]3([C@@H](OC)C[C@H]2O)[C@@H]1C[C@@]2(O)[C@H](OC(=O)c3ccccc3)[C@@H]1[C@]4(OC(C)=O)[C@@H](O)[C@@H]2OC. The molecule has 15 atom stereocenters. The fourth-order valence-electron chi connectivity index (χ4n) is 12.2. The number of benzene rings is 1. The van der Waals surface area contributed by atoms with E-state index >= 15 is 0 Å². The first-order valence-electron chi connectivity index (χ1n) is 15.8. The highest BCUT2D eigenvalue weighted by Crippen LogP contribution is 2.80. The lowest BCUT2D eigenvalue weighted by molar-refractivity contribution is -0.321. The van der Waals surface area contributed by atoms with Crippen LogP contribution in [0.1, 0.15) is 30.1 Å². The van der Waals surface area contributed by atoms with Gasteiger partial charge in [0.2, 0.25) is 0 Å². The van der Waals surface area contributed by atoms with E-state index < -0.39 is 88.3 Å². The van der Waals surface area contributed by atoms with Crippen molar-refractivity contribution in [3.05, 3.63) is 35.9 Å². The average molecular weight is 632 g/mol. The molecule has 5 aliphatic carbocycles. The van der Waals surface area contributed by atoms with Crippen molar-refractivity contribution in [1.82, 2.24) is 4.90 Å². The van der Waals surface area contributed by atoms with Crippen molar-refractivity contribution < 1.29 is 53.3 Å². The maximum absolute atomic E-state index is 13.7. The van der Waals surface area contributed by atoms with Gasteiger partial charge in [0.05, 0.1) is 30.5 Å². The Morgan fingerprint density at radius 1 is 1.00 bits per heavy atom. The number of rotatable bonds is 8. The van der Waals surface area contributed by atoms with E-state index in [-0.39, 0.29) is 25.0 Å². The molecule has 1 heterocycles. The molecule has 1 aromatic rings. The number of likely N-dealkylation sites (tertiary alicyclic amines) is 1. The summed E-state index contributed by atoms with van der Waals surface area (Å²) in [6.45, 7) is 2.00. The van der Waals surface area contributed by atoms with Crippen LogP contribution < -0.4 is 0 Å². The summed E-state index contributed by atoms with van der Waals surface area (Å²) in [5.74, 6) is -3.66. The van der Waals surface area contributed by atoms with Gasteiger partial charge in [-0.3, -0.25) is 4.79 Å². The first-order valence-corrected chi connectivity index (χ1v) is 15.8. The summed E-state index contributed by atoms with van der Waals surface area (Å²) in [6, 6.07) is 8.15. The number of aliphatic hydroxyl groups excluding tert-OH is 2. The Kier molecular flexibility index (Phi) is 7.28. The molecule has 1 aromatic carbocycles. The topological polar surface area (TPSA) is 153 Å². The van der Waals surface area contributed by atoms with E-state index in [1.54, 1.807) is 51.7 Å². The number of nitrogens with zero attached hydrogens (tertiary/aromatic N) is 1. The van der Waals surface area contributed by atoms with Crippen LogP contribution >= 0.6 is 0 Å². The summed E-state index contributed by atoms with van der Waals surface area (Å²) in [6.07, 6.45) is -5.50. The van der Waals surface area contributed by atoms with Gasteiger partial charge in [-0.2, -0.15) is 0 Å². The minimum Gasteiger partial charge on any atom is -0.455 e. The van der Waals surface area contributed by atoms with E-state index in [2.05, 4.69) is 4.90 Å². The van der Waals surface area contributed by atoms with Gasteiger partial charge >= 0.3 is 11.9 Å². The molecular weight excluding hydrogens is 586 g/mol. The predicted octanol–water partition coefficient (Wildman–Crippen LogP) is 0.258. The van der Waals surface area contributed by atoms with Crippen LogP contribution in [0.4, 0.5) is 0 Å². The average Bonchev–Trinajstić information content (AvgIpc) is 3.40. The standard InChI is InChI=1S/C33H45NO11/c1-16(35)45-33-21-18(13-31(39,28(43-6)26(33)37)27(21)44-29(38)17-10-8-7-9-11-17)32-20(41-4)12-19(36)30(15-40-3)14-34(2)25(32)22(33)23(42-5)24(30)32/h7-11,18-28,36-37,39H,12-15H2,1-6H3/t18-,19-,20+,21-,22+,23+,24-,25?,26+,27-,28+,30+,31-,32+,33-/m1/s1. The quantitative estimate of drug-likeness (QED) is 0.337. The Labute approximate surface area is 262 Å². The molecular formula is C33H45NO11. The fourth-order valence-corrected chi connectivity index (χ4v) is 12.2. The van der Waals surface area contributed by atoms with Crippen molar-refractivity contribution in [2.24, 2.45) is 34.5 Å². The zero-order chi connectivity index (χ0) is 32.3. The predicted molar refractivity (Wildman–Crippen MR) is 156 cm³/mol. The molecule has 1 spiro atoms. The number of hydrogen-bond acceptors (Lipinski definition) is 12. The van der Waals surface area contributed by atoms with Crippen LogP contribution in [0.15, 0.2) is 30.3 Å². The summed E-state index contributed by atoms with van der Waals surface area (Å²) in [5, 5.41) is 37.0. The van der Waals surface area contributed by atoms with Crippen molar-refractivity contribution >= 4 is 11.9 Å². The highest BCUT2D eigenvalue weighted by Gasteiger charge is 2.92. The maximum atomic E-state index is 13.7. The minimum atomic E-state index is -1.83. The molecule has 7 bridgehead atoms. The van der Waals surface area contributed by atoms with Crippen LogP contribution in [0, 0.1) is 34.5 Å². The summed E-state index contributed by atoms with van der Waals surface area (Å²) >= 11 is 0. The first kappa shape index (κ1) is 31.4. The number of fused-ring (bicyclic) bond motifs is 2. The highest BCUT2D eigenvalue weighted by atomic mass is 16.6. The molecule has 7 rings (SSSR count). The van der Waals surface area contributed by atoms with Crippen LogP contribution in [-0.4, -0.2) is 135 Å². The maximum Gasteiger partial charge on any atom is 0.338 e. The molecule has 6 aliphatic rings. The number of methoxy groups -OCH3 is 4. The second-order valence-corrected chi connectivity index (χ2v) is 14.3. The van der Waals surface area contributed by atoms with Crippen molar-refractivity contribution in [2.75, 3.05) is 48.6 Å². The largest absolute Gasteiger partial charge is 0.455 e. The van der Waals surface area contributed by atoms with Crippen molar-refractivity contribution in [1.29, 1.82) is 0 Å². The normalized spacial score (nSPS) is 50.7. The Morgan fingerprint density at radius 2 is 1.71 bits per heavy atom. The number of esters is 2. The molecule has 0 radical (unpaired) electrons. The van der Waals surface area contributed by atoms with E-state index in [1.807, 2.05) is 7.05 Å². The molecule has 3 N–H and O–H groups in total. The van der Waals surface area contributed by atoms with Crippen molar-refractivity contribution in [3.63, 3.8) is 0 Å². The summed E-state index contributed by atoms with van der Waals surface area (Å²) in [7, 11) is 8.20. The number of hydrogen-bond donors (Lipinski definition) is 3. The van der Waals surface area contributed by atoms with Gasteiger partial charge in [-0.15, -0.1) is 0 Å². The number of aliphatic hydroxyl groups is 3. The van der Waals surface area contributed by atoms with Crippen molar-refractivity contribution in [3.8, 4) is 0 Å². The van der Waals surface area contributed by atoms with Gasteiger partial charge in [-0.1, -0.05) is 18.2 Å². The Hall–Kier alpha value is -2.16. The molecule has 6 fully saturated rings. The van der Waals surface area contributed by atoms with Crippen LogP contribution in [0.5, 0.6) is 0 Å². The first-order chi connectivity index (χ1) is 21.4. The lowest BCUT2D eigenvalue weighted by Gasteiger charge is -2.70. The molecule has 12 heteroatoms. The van der Waals surface area contributed by atoms with Gasteiger partial charge in [0.25, 0.3) is 0 Å². The molecule has 45 heavy (non-hydrogen) atoms. The number of piperidine rings is 1. The minimum absolute atomic E-state index is 0.0754. The van der Waals surface area contributed by atoms with Gasteiger partial charge < -0.3 is 48.6 Å². The van der Waals surface area contributed by atoms with Crippen LogP contribution in [0.2, 0.25) is 0 Å². The van der Waals surface area contributed by atoms with Gasteiger partial charge in [0, 0.05) is 83.0 Å². The second-order valence-electron chi connectivity index (χ2n) is 14.3. The fraction of sp³-hybridized carbons (Fsp3) is 0.758. The Bertz CT molecular complexity index is 1350. The molecule has 1 saturated heterocycles. The molecule has 1 unspecified atom stereocenters. The number of ether oxygens (including phenoxy) is 6. The molecule has 0 amide bonds. The Balaban J connectivity index is 1.52. The summed E-state index contributed by atoms with van der Waals surface area (Å²) in [5.41, 5.74) is -4.79.